The molecule has 1 aromatic heterocycles. The first-order valence-electron chi connectivity index (χ1n) is 7.40. The fraction of sp³-hybridized carbons (Fsp3) is 0.375. The number of imidazole rings is 1. The van der Waals surface area contributed by atoms with E-state index in [1.807, 2.05) is 6.92 Å². The van der Waals surface area contributed by atoms with E-state index in [9.17, 15) is 9.18 Å². The van der Waals surface area contributed by atoms with Gasteiger partial charge in [-0.3, -0.25) is 4.79 Å². The summed E-state index contributed by atoms with van der Waals surface area (Å²) in [5, 5.41) is 2.67. The highest BCUT2D eigenvalue weighted by Crippen LogP contribution is 2.30. The van der Waals surface area contributed by atoms with Gasteiger partial charge in [-0.05, 0) is 13.0 Å². The van der Waals surface area contributed by atoms with Gasteiger partial charge in [0, 0.05) is 31.0 Å². The molecule has 24 heavy (non-hydrogen) atoms. The zero-order valence-corrected chi connectivity index (χ0v) is 14.0. The number of rotatable bonds is 4. The lowest BCUT2D eigenvalue weighted by Gasteiger charge is -2.27. The van der Waals surface area contributed by atoms with Gasteiger partial charge in [-0.2, -0.15) is 0 Å². The SMILES string of the molecule is COc1cc(Cl)c(F)c(C(=O)NC2(c3ncc(C)[nH]3)CCOC2)c1. The summed E-state index contributed by atoms with van der Waals surface area (Å²) in [4.78, 5) is 20.1. The van der Waals surface area contributed by atoms with Crippen molar-refractivity contribution < 1.29 is 18.7 Å². The van der Waals surface area contributed by atoms with Gasteiger partial charge in [0.15, 0.2) is 5.82 Å². The van der Waals surface area contributed by atoms with Gasteiger partial charge < -0.3 is 19.8 Å². The molecular weight excluding hydrogens is 337 g/mol. The first kappa shape index (κ1) is 16.7. The van der Waals surface area contributed by atoms with E-state index in [2.05, 4.69) is 15.3 Å². The Morgan fingerprint density at radius 3 is 2.92 bits per heavy atom. The monoisotopic (exact) mass is 353 g/mol. The third-order valence-electron chi connectivity index (χ3n) is 4.01. The molecule has 0 aliphatic carbocycles. The second-order valence-corrected chi connectivity index (χ2v) is 6.13. The number of aromatic nitrogens is 2. The van der Waals surface area contributed by atoms with Crippen LogP contribution < -0.4 is 10.1 Å². The number of amides is 1. The predicted molar refractivity (Wildman–Crippen MR) is 85.9 cm³/mol. The molecule has 2 aromatic rings. The van der Waals surface area contributed by atoms with Crippen LogP contribution in [0, 0.1) is 12.7 Å². The summed E-state index contributed by atoms with van der Waals surface area (Å²) in [7, 11) is 1.42. The summed E-state index contributed by atoms with van der Waals surface area (Å²) < 4.78 is 24.8. The van der Waals surface area contributed by atoms with Crippen molar-refractivity contribution in [1.29, 1.82) is 0 Å². The maximum Gasteiger partial charge on any atom is 0.255 e. The number of carbonyl (C=O) groups excluding carboxylic acids is 1. The molecule has 8 heteroatoms. The molecule has 3 rings (SSSR count). The Bertz CT molecular complexity index is 772. The number of halogens is 2. The van der Waals surface area contributed by atoms with Crippen molar-refractivity contribution in [2.24, 2.45) is 0 Å². The van der Waals surface area contributed by atoms with Crippen LogP contribution in [-0.2, 0) is 10.3 Å². The lowest BCUT2D eigenvalue weighted by molar-refractivity contribution is 0.0865. The van der Waals surface area contributed by atoms with Crippen molar-refractivity contribution in [3.05, 3.63) is 46.3 Å². The fourth-order valence-corrected chi connectivity index (χ4v) is 2.91. The van der Waals surface area contributed by atoms with Crippen molar-refractivity contribution in [2.75, 3.05) is 20.3 Å². The number of nitrogens with one attached hydrogen (secondary N) is 2. The Kier molecular flexibility index (Phi) is 4.47. The molecule has 1 atom stereocenters. The maximum absolute atomic E-state index is 14.3. The van der Waals surface area contributed by atoms with Gasteiger partial charge in [-0.1, -0.05) is 11.6 Å². The summed E-state index contributed by atoms with van der Waals surface area (Å²) in [5.41, 5.74) is -0.150. The zero-order valence-electron chi connectivity index (χ0n) is 13.3. The molecule has 1 amide bonds. The highest BCUT2D eigenvalue weighted by molar-refractivity contribution is 6.31. The van der Waals surface area contributed by atoms with Gasteiger partial charge in [0.2, 0.25) is 0 Å². The number of hydrogen-bond acceptors (Lipinski definition) is 4. The number of carbonyl (C=O) groups is 1. The molecule has 1 saturated heterocycles. The normalized spacial score (nSPS) is 20.2. The van der Waals surface area contributed by atoms with E-state index in [-0.39, 0.29) is 17.2 Å². The van der Waals surface area contributed by atoms with E-state index in [0.29, 0.717) is 24.6 Å². The molecule has 2 heterocycles. The van der Waals surface area contributed by atoms with Crippen LogP contribution in [0.25, 0.3) is 0 Å². The molecule has 128 valence electrons. The van der Waals surface area contributed by atoms with Gasteiger partial charge in [-0.25, -0.2) is 9.37 Å². The van der Waals surface area contributed by atoms with E-state index in [0.717, 1.165) is 5.69 Å². The van der Waals surface area contributed by atoms with Crippen molar-refractivity contribution in [3.8, 4) is 5.75 Å². The van der Waals surface area contributed by atoms with E-state index in [1.54, 1.807) is 6.20 Å². The second kappa shape index (κ2) is 6.41. The largest absolute Gasteiger partial charge is 0.497 e. The zero-order chi connectivity index (χ0) is 17.3. The summed E-state index contributed by atoms with van der Waals surface area (Å²) in [6.07, 6.45) is 2.20. The van der Waals surface area contributed by atoms with Crippen LogP contribution in [0.4, 0.5) is 4.39 Å². The molecule has 6 nitrogen and oxygen atoms in total. The standard InChI is InChI=1S/C16H17ClFN3O3/c1-9-7-19-15(20-9)16(3-4-24-8-16)21-14(22)11-5-10(23-2)6-12(17)13(11)18/h5-7H,3-4,8H2,1-2H3,(H,19,20)(H,21,22). The minimum Gasteiger partial charge on any atom is -0.497 e. The third kappa shape index (κ3) is 2.97. The Hall–Kier alpha value is -2.12. The predicted octanol–water partition coefficient (Wildman–Crippen LogP) is 2.56. The van der Waals surface area contributed by atoms with Crippen molar-refractivity contribution in [1.82, 2.24) is 15.3 Å². The Morgan fingerprint density at radius 1 is 1.54 bits per heavy atom. The number of aromatic amines is 1. The second-order valence-electron chi connectivity index (χ2n) is 5.72. The molecule has 1 aliphatic rings. The average Bonchev–Trinajstić information content (AvgIpc) is 3.19. The highest BCUT2D eigenvalue weighted by Gasteiger charge is 2.41. The molecular formula is C16H17ClFN3O3. The van der Waals surface area contributed by atoms with E-state index in [4.69, 9.17) is 21.1 Å². The summed E-state index contributed by atoms with van der Waals surface area (Å²) in [5.74, 6) is -0.509. The van der Waals surface area contributed by atoms with Crippen LogP contribution in [0.5, 0.6) is 5.75 Å². The number of benzene rings is 1. The number of aryl methyl sites for hydroxylation is 1. The molecule has 0 bridgehead atoms. The Morgan fingerprint density at radius 2 is 2.33 bits per heavy atom. The van der Waals surface area contributed by atoms with Crippen LogP contribution in [0.3, 0.4) is 0 Å². The summed E-state index contributed by atoms with van der Waals surface area (Å²) in [6.45, 7) is 2.59. The van der Waals surface area contributed by atoms with Crippen molar-refractivity contribution in [3.63, 3.8) is 0 Å². The first-order valence-corrected chi connectivity index (χ1v) is 7.78. The summed E-state index contributed by atoms with van der Waals surface area (Å²) in [6, 6.07) is 2.63. The summed E-state index contributed by atoms with van der Waals surface area (Å²) >= 11 is 5.84. The van der Waals surface area contributed by atoms with Crippen LogP contribution in [0.1, 0.15) is 28.3 Å². The Balaban J connectivity index is 1.94. The number of ether oxygens (including phenoxy) is 2. The molecule has 0 spiro atoms. The van der Waals surface area contributed by atoms with Gasteiger partial charge in [0.1, 0.15) is 17.1 Å². The van der Waals surface area contributed by atoms with Crippen molar-refractivity contribution in [2.45, 2.75) is 18.9 Å². The van der Waals surface area contributed by atoms with E-state index >= 15 is 0 Å². The van der Waals surface area contributed by atoms with E-state index < -0.39 is 17.3 Å². The average molecular weight is 354 g/mol. The quantitative estimate of drug-likeness (QED) is 0.885. The molecule has 0 radical (unpaired) electrons. The molecule has 1 fully saturated rings. The van der Waals surface area contributed by atoms with Crippen LogP contribution in [0.2, 0.25) is 5.02 Å². The Labute approximate surface area is 143 Å². The van der Waals surface area contributed by atoms with Crippen LogP contribution >= 0.6 is 11.6 Å². The highest BCUT2D eigenvalue weighted by atomic mass is 35.5. The smallest absolute Gasteiger partial charge is 0.255 e. The fourth-order valence-electron chi connectivity index (χ4n) is 2.70. The molecule has 1 aliphatic heterocycles. The number of nitrogens with zero attached hydrogens (tertiary/aromatic N) is 1. The van der Waals surface area contributed by atoms with Gasteiger partial charge in [0.05, 0.1) is 24.3 Å². The molecule has 1 unspecified atom stereocenters. The number of hydrogen-bond donors (Lipinski definition) is 2. The van der Waals surface area contributed by atoms with E-state index in [1.165, 1.54) is 19.2 Å². The topological polar surface area (TPSA) is 76.2 Å². The van der Waals surface area contributed by atoms with Crippen LogP contribution in [-0.4, -0.2) is 36.2 Å². The van der Waals surface area contributed by atoms with Gasteiger partial charge >= 0.3 is 0 Å². The molecule has 2 N–H and O–H groups in total. The molecule has 1 aromatic carbocycles. The van der Waals surface area contributed by atoms with Crippen LogP contribution in [0.15, 0.2) is 18.3 Å². The molecule has 0 saturated carbocycles. The lowest BCUT2D eigenvalue weighted by Crippen LogP contribution is -2.47. The minimum absolute atomic E-state index is 0.176. The minimum atomic E-state index is -0.826. The number of methoxy groups -OCH3 is 1. The maximum atomic E-state index is 14.3. The first-order chi connectivity index (χ1) is 11.4. The third-order valence-corrected chi connectivity index (χ3v) is 4.29. The lowest BCUT2D eigenvalue weighted by atomic mass is 9.97. The van der Waals surface area contributed by atoms with Gasteiger partial charge in [0.25, 0.3) is 5.91 Å². The number of H-pyrrole nitrogens is 1. The van der Waals surface area contributed by atoms with Gasteiger partial charge in [-0.15, -0.1) is 0 Å². The van der Waals surface area contributed by atoms with Crippen molar-refractivity contribution >= 4 is 17.5 Å².